The molecule has 43 heavy (non-hydrogen) atoms. The van der Waals surface area contributed by atoms with Crippen LogP contribution in [0.2, 0.25) is 0 Å². The van der Waals surface area contributed by atoms with E-state index in [4.69, 9.17) is 5.73 Å². The number of imidazole rings is 2. The van der Waals surface area contributed by atoms with Crippen molar-refractivity contribution in [1.29, 1.82) is 0 Å². The van der Waals surface area contributed by atoms with Gasteiger partial charge in [-0.3, -0.25) is 14.4 Å². The van der Waals surface area contributed by atoms with Crippen LogP contribution in [0, 0.1) is 0 Å². The normalized spacial score (nSPS) is 13.7. The van der Waals surface area contributed by atoms with Crippen molar-refractivity contribution in [2.24, 2.45) is 5.73 Å². The molecule has 4 aromatic rings. The molecular formula is C30H34N8O5. The van der Waals surface area contributed by atoms with Gasteiger partial charge in [0.05, 0.1) is 18.7 Å². The molecule has 2 aromatic heterocycles. The number of carbonyl (C=O) groups is 4. The lowest BCUT2D eigenvalue weighted by atomic mass is 10.0. The lowest BCUT2D eigenvalue weighted by molar-refractivity contribution is -0.142. The summed E-state index contributed by atoms with van der Waals surface area (Å²) in [6, 6.07) is 13.9. The van der Waals surface area contributed by atoms with Gasteiger partial charge in [0.15, 0.2) is 0 Å². The van der Waals surface area contributed by atoms with Crippen molar-refractivity contribution in [2.45, 2.75) is 49.9 Å². The van der Waals surface area contributed by atoms with Crippen molar-refractivity contribution in [1.82, 2.24) is 35.9 Å². The van der Waals surface area contributed by atoms with Crippen molar-refractivity contribution >= 4 is 23.7 Å². The Hall–Kier alpha value is -5.30. The fourth-order valence-electron chi connectivity index (χ4n) is 4.48. The minimum Gasteiger partial charge on any atom is -0.480 e. The van der Waals surface area contributed by atoms with Crippen molar-refractivity contribution in [3.63, 3.8) is 0 Å². The minimum absolute atomic E-state index is 0.00645. The van der Waals surface area contributed by atoms with Gasteiger partial charge >= 0.3 is 5.97 Å². The van der Waals surface area contributed by atoms with E-state index in [1.807, 2.05) is 60.7 Å². The molecule has 2 heterocycles. The average Bonchev–Trinajstić information content (AvgIpc) is 3.72. The van der Waals surface area contributed by atoms with Gasteiger partial charge in [0.25, 0.3) is 0 Å². The highest BCUT2D eigenvalue weighted by Gasteiger charge is 2.31. The Morgan fingerprint density at radius 3 is 1.58 bits per heavy atom. The van der Waals surface area contributed by atoms with Gasteiger partial charge in [-0.1, -0.05) is 60.7 Å². The Balaban J connectivity index is 1.51. The maximum Gasteiger partial charge on any atom is 0.326 e. The topological polar surface area (TPSA) is 208 Å². The Morgan fingerprint density at radius 2 is 1.09 bits per heavy atom. The van der Waals surface area contributed by atoms with Crippen LogP contribution in [0.25, 0.3) is 0 Å². The van der Waals surface area contributed by atoms with Crippen molar-refractivity contribution < 1.29 is 24.3 Å². The molecule has 0 fully saturated rings. The standard InChI is InChI=1S/C30H34N8O5/c31-23(11-19-7-3-1-4-8-19)27(39)36-24(12-20-9-5-2-6-10-20)28(40)37-25(13-21-15-32-17-34-21)29(41)38-26(30(42)43)14-22-16-33-18-35-22/h1-10,15-18,23-26H,11-14,31H2,(H,32,34)(H,33,35)(H,36,39)(H,37,40)(H,38,41)(H,42,43). The smallest absolute Gasteiger partial charge is 0.326 e. The van der Waals surface area contributed by atoms with Crippen LogP contribution in [0.5, 0.6) is 0 Å². The van der Waals surface area contributed by atoms with Crippen molar-refractivity contribution in [3.05, 3.63) is 108 Å². The van der Waals surface area contributed by atoms with Gasteiger partial charge in [-0.15, -0.1) is 0 Å². The Kier molecular flexibility index (Phi) is 10.7. The van der Waals surface area contributed by atoms with E-state index in [0.717, 1.165) is 11.1 Å². The summed E-state index contributed by atoms with van der Waals surface area (Å²) >= 11 is 0. The zero-order valence-corrected chi connectivity index (χ0v) is 23.3. The number of nitrogens with two attached hydrogens (primary N) is 1. The first-order valence-electron chi connectivity index (χ1n) is 13.7. The minimum atomic E-state index is -1.29. The van der Waals surface area contributed by atoms with Gasteiger partial charge in [-0.25, -0.2) is 14.8 Å². The number of rotatable bonds is 15. The number of H-pyrrole nitrogens is 2. The number of hydrogen-bond acceptors (Lipinski definition) is 7. The monoisotopic (exact) mass is 586 g/mol. The second-order valence-corrected chi connectivity index (χ2v) is 10.1. The van der Waals surface area contributed by atoms with Crippen LogP contribution in [0.4, 0.5) is 0 Å². The SMILES string of the molecule is NC(Cc1ccccc1)C(=O)NC(Cc1ccccc1)C(=O)NC(Cc1cnc[nH]1)C(=O)NC(Cc1cnc[nH]1)C(=O)O. The van der Waals surface area contributed by atoms with E-state index in [0.29, 0.717) is 11.4 Å². The van der Waals surface area contributed by atoms with Gasteiger partial charge in [-0.2, -0.15) is 0 Å². The molecule has 0 saturated carbocycles. The van der Waals surface area contributed by atoms with E-state index in [1.54, 1.807) is 0 Å². The van der Waals surface area contributed by atoms with Crippen LogP contribution in [0.3, 0.4) is 0 Å². The summed E-state index contributed by atoms with van der Waals surface area (Å²) in [4.78, 5) is 65.7. The summed E-state index contributed by atoms with van der Waals surface area (Å²) in [5.74, 6) is -3.14. The van der Waals surface area contributed by atoms with Crippen molar-refractivity contribution in [2.75, 3.05) is 0 Å². The van der Waals surface area contributed by atoms with E-state index in [2.05, 4.69) is 35.9 Å². The second kappa shape index (κ2) is 15.1. The molecule has 224 valence electrons. The largest absolute Gasteiger partial charge is 0.480 e. The van der Waals surface area contributed by atoms with E-state index >= 15 is 0 Å². The number of carboxylic acids is 1. The third-order valence-corrected chi connectivity index (χ3v) is 6.76. The first kappa shape index (κ1) is 30.7. The summed E-state index contributed by atoms with van der Waals surface area (Å²) < 4.78 is 0. The molecule has 13 heteroatoms. The molecular weight excluding hydrogens is 552 g/mol. The lowest BCUT2D eigenvalue weighted by Gasteiger charge is -2.25. The molecule has 0 aliphatic rings. The number of amides is 3. The second-order valence-electron chi connectivity index (χ2n) is 10.1. The molecule has 0 spiro atoms. The van der Waals surface area contributed by atoms with Crippen LogP contribution < -0.4 is 21.7 Å². The number of aliphatic carboxylic acids is 1. The number of nitrogens with zero attached hydrogens (tertiary/aromatic N) is 2. The molecule has 8 N–H and O–H groups in total. The Morgan fingerprint density at radius 1 is 0.651 bits per heavy atom. The maximum absolute atomic E-state index is 13.7. The number of nitrogens with one attached hydrogen (secondary N) is 5. The highest BCUT2D eigenvalue weighted by atomic mass is 16.4. The quantitative estimate of drug-likeness (QED) is 0.103. The third kappa shape index (κ3) is 9.36. The van der Waals surface area contributed by atoms with E-state index in [1.165, 1.54) is 25.0 Å². The number of aromatic nitrogens is 4. The van der Waals surface area contributed by atoms with E-state index in [-0.39, 0.29) is 25.7 Å². The maximum atomic E-state index is 13.7. The fraction of sp³-hybridized carbons (Fsp3) is 0.267. The number of hydrogen-bond donors (Lipinski definition) is 7. The highest BCUT2D eigenvalue weighted by molar-refractivity contribution is 5.94. The first-order chi connectivity index (χ1) is 20.8. The summed E-state index contributed by atoms with van der Waals surface area (Å²) in [5.41, 5.74) is 8.88. The third-order valence-electron chi connectivity index (χ3n) is 6.76. The van der Waals surface area contributed by atoms with Crippen molar-refractivity contribution in [3.8, 4) is 0 Å². The zero-order chi connectivity index (χ0) is 30.6. The fourth-order valence-corrected chi connectivity index (χ4v) is 4.48. The van der Waals surface area contributed by atoms with Gasteiger partial charge < -0.3 is 36.8 Å². The summed E-state index contributed by atoms with van der Waals surface area (Å²) in [7, 11) is 0. The number of carbonyl (C=O) groups excluding carboxylic acids is 3. The average molecular weight is 587 g/mol. The molecule has 2 aromatic carbocycles. The number of benzene rings is 2. The molecule has 0 radical (unpaired) electrons. The molecule has 4 atom stereocenters. The molecule has 4 rings (SSSR count). The van der Waals surface area contributed by atoms with E-state index < -0.39 is 47.9 Å². The molecule has 0 saturated heterocycles. The van der Waals surface area contributed by atoms with Gasteiger partial charge in [0, 0.05) is 43.0 Å². The van der Waals surface area contributed by atoms with Crippen LogP contribution in [0.1, 0.15) is 22.5 Å². The van der Waals surface area contributed by atoms with Gasteiger partial charge in [0.1, 0.15) is 18.1 Å². The van der Waals surface area contributed by atoms with Gasteiger partial charge in [0.2, 0.25) is 17.7 Å². The highest BCUT2D eigenvalue weighted by Crippen LogP contribution is 2.08. The predicted molar refractivity (Wildman–Crippen MR) is 156 cm³/mol. The van der Waals surface area contributed by atoms with Crippen LogP contribution in [-0.4, -0.2) is 72.9 Å². The first-order valence-corrected chi connectivity index (χ1v) is 13.7. The van der Waals surface area contributed by atoms with Gasteiger partial charge in [-0.05, 0) is 17.5 Å². The van der Waals surface area contributed by atoms with Crippen LogP contribution >= 0.6 is 0 Å². The van der Waals surface area contributed by atoms with E-state index in [9.17, 15) is 24.3 Å². The molecule has 4 unspecified atom stereocenters. The predicted octanol–water partition coefficient (Wildman–Crippen LogP) is 0.270. The van der Waals surface area contributed by atoms with Crippen LogP contribution in [0.15, 0.2) is 85.7 Å². The summed E-state index contributed by atoms with van der Waals surface area (Å²) in [6.45, 7) is 0. The lowest BCUT2D eigenvalue weighted by Crippen LogP contribution is -2.58. The molecule has 13 nitrogen and oxygen atoms in total. The summed E-state index contributed by atoms with van der Waals surface area (Å²) in [5, 5.41) is 17.7. The molecule has 3 amide bonds. The number of carboxylic acid groups (broad SMARTS) is 1. The zero-order valence-electron chi connectivity index (χ0n) is 23.3. The van der Waals surface area contributed by atoms with Crippen LogP contribution in [-0.2, 0) is 44.9 Å². The Bertz CT molecular complexity index is 1460. The Labute approximate surface area is 247 Å². The summed E-state index contributed by atoms with van der Waals surface area (Å²) in [6.07, 6.45) is 6.14. The number of aromatic amines is 2. The molecule has 0 aliphatic heterocycles. The molecule has 0 aliphatic carbocycles. The molecule has 0 bridgehead atoms.